The minimum atomic E-state index is 0.439. The van der Waals surface area contributed by atoms with Crippen molar-refractivity contribution in [2.24, 2.45) is 10.2 Å². The number of aromatic nitrogens is 2. The van der Waals surface area contributed by atoms with Gasteiger partial charge >= 0.3 is 0 Å². The van der Waals surface area contributed by atoms with Gasteiger partial charge < -0.3 is 5.73 Å². The molecule has 0 saturated carbocycles. The van der Waals surface area contributed by atoms with Crippen LogP contribution in [0.2, 0.25) is 5.02 Å². The quantitative estimate of drug-likeness (QED) is 0.444. The maximum atomic E-state index is 5.87. The van der Waals surface area contributed by atoms with Crippen molar-refractivity contribution in [2.45, 2.75) is 0 Å². The van der Waals surface area contributed by atoms with Crippen LogP contribution < -0.4 is 5.73 Å². The summed E-state index contributed by atoms with van der Waals surface area (Å²) in [5, 5.41) is 11.1. The lowest BCUT2D eigenvalue weighted by molar-refractivity contribution is 1.24. The van der Waals surface area contributed by atoms with Gasteiger partial charge in [-0.1, -0.05) is 35.1 Å². The van der Waals surface area contributed by atoms with E-state index in [-0.39, 0.29) is 0 Å². The van der Waals surface area contributed by atoms with Crippen molar-refractivity contribution in [3.63, 3.8) is 0 Å². The Morgan fingerprint density at radius 2 is 1.71 bits per heavy atom. The number of rotatable bonds is 3. The maximum Gasteiger partial charge on any atom is 0.182 e. The van der Waals surface area contributed by atoms with Crippen LogP contribution in [-0.4, -0.2) is 9.97 Å². The normalized spacial score (nSPS) is 11.5. The number of fused-ring (bicyclic) bond motifs is 1. The van der Waals surface area contributed by atoms with Gasteiger partial charge in [0.1, 0.15) is 10.7 Å². The molecule has 0 radical (unpaired) electrons. The van der Waals surface area contributed by atoms with E-state index in [1.807, 2.05) is 24.3 Å². The predicted molar refractivity (Wildman–Crippen MR) is 101 cm³/mol. The molecule has 0 spiro atoms. The van der Waals surface area contributed by atoms with Crippen molar-refractivity contribution in [1.82, 2.24) is 9.97 Å². The van der Waals surface area contributed by atoms with Gasteiger partial charge in [-0.2, -0.15) is 0 Å². The van der Waals surface area contributed by atoms with Crippen molar-refractivity contribution in [2.75, 3.05) is 5.73 Å². The van der Waals surface area contributed by atoms with E-state index in [1.54, 1.807) is 35.6 Å². The summed E-state index contributed by atoms with van der Waals surface area (Å²) in [6.07, 6.45) is 0. The number of nitrogens with zero attached hydrogens (tertiary/aromatic N) is 4. The van der Waals surface area contributed by atoms with Gasteiger partial charge in [-0.05, 0) is 36.4 Å². The summed E-state index contributed by atoms with van der Waals surface area (Å²) >= 11 is 8.72. The molecule has 0 atom stereocenters. The summed E-state index contributed by atoms with van der Waals surface area (Å²) in [7, 11) is 0. The molecule has 2 aromatic heterocycles. The number of hydrogen-bond acceptors (Lipinski definition) is 7. The Labute approximate surface area is 150 Å². The second-order valence-corrected chi connectivity index (χ2v) is 7.35. The fraction of sp³-hybridized carbons (Fsp3) is 0. The van der Waals surface area contributed by atoms with E-state index in [0.717, 1.165) is 15.2 Å². The van der Waals surface area contributed by atoms with Crippen molar-refractivity contribution in [3.05, 3.63) is 53.6 Å². The van der Waals surface area contributed by atoms with Crippen LogP contribution in [0.1, 0.15) is 0 Å². The number of hydrogen-bond donors (Lipinski definition) is 1. The molecule has 2 aromatic carbocycles. The van der Waals surface area contributed by atoms with Crippen molar-refractivity contribution in [1.29, 1.82) is 0 Å². The maximum absolute atomic E-state index is 5.87. The van der Waals surface area contributed by atoms with Gasteiger partial charge in [0.2, 0.25) is 0 Å². The molecule has 0 saturated heterocycles. The van der Waals surface area contributed by atoms with Crippen LogP contribution >= 0.6 is 34.3 Å². The molecule has 4 rings (SSSR count). The summed E-state index contributed by atoms with van der Waals surface area (Å²) in [6.45, 7) is 0. The molecule has 24 heavy (non-hydrogen) atoms. The molecule has 2 N–H and O–H groups in total. The molecular weight excluding hydrogens is 362 g/mol. The van der Waals surface area contributed by atoms with Crippen molar-refractivity contribution < 1.29 is 0 Å². The second-order valence-electron chi connectivity index (χ2n) is 4.87. The Morgan fingerprint density at radius 1 is 0.917 bits per heavy atom. The zero-order valence-corrected chi connectivity index (χ0v) is 14.6. The summed E-state index contributed by atoms with van der Waals surface area (Å²) in [5.41, 5.74) is 8.17. The number of azo groups is 1. The number of benzene rings is 2. The van der Waals surface area contributed by atoms with E-state index < -0.39 is 0 Å². The van der Waals surface area contributed by atoms with Gasteiger partial charge in [-0.15, -0.1) is 21.6 Å². The minimum absolute atomic E-state index is 0.439. The molecule has 0 amide bonds. The third-order valence-corrected chi connectivity index (χ3v) is 5.27. The average Bonchev–Trinajstić information content (AvgIpc) is 3.17. The molecule has 0 aliphatic heterocycles. The first-order valence-electron chi connectivity index (χ1n) is 6.98. The highest BCUT2D eigenvalue weighted by atomic mass is 35.5. The van der Waals surface area contributed by atoms with Crippen LogP contribution in [0.15, 0.2) is 58.8 Å². The molecule has 0 unspecified atom stereocenters. The molecule has 0 fully saturated rings. The summed E-state index contributed by atoms with van der Waals surface area (Å²) in [6, 6.07) is 15.1. The SMILES string of the molecule is Nc1nc(-c2nc3ccccc3s2)c(N=Nc2ccc(Cl)cc2)s1. The molecule has 0 aliphatic rings. The Kier molecular flexibility index (Phi) is 3.97. The monoisotopic (exact) mass is 371 g/mol. The molecule has 8 heteroatoms. The predicted octanol–water partition coefficient (Wildman–Crippen LogP) is 6.07. The van der Waals surface area contributed by atoms with E-state index in [2.05, 4.69) is 20.2 Å². The number of para-hydroxylation sites is 1. The first kappa shape index (κ1) is 15.2. The van der Waals surface area contributed by atoms with Gasteiger partial charge in [-0.25, -0.2) is 9.97 Å². The number of nitrogen functional groups attached to an aromatic ring is 1. The van der Waals surface area contributed by atoms with Gasteiger partial charge in [0.25, 0.3) is 0 Å². The summed E-state index contributed by atoms with van der Waals surface area (Å²) in [4.78, 5) is 8.98. The first-order valence-corrected chi connectivity index (χ1v) is 9.00. The summed E-state index contributed by atoms with van der Waals surface area (Å²) in [5.74, 6) is 0. The fourth-order valence-electron chi connectivity index (χ4n) is 2.12. The first-order chi connectivity index (χ1) is 11.7. The number of halogens is 1. The molecule has 0 aliphatic carbocycles. The number of anilines is 1. The second kappa shape index (κ2) is 6.27. The lowest BCUT2D eigenvalue weighted by atomic mass is 10.3. The van der Waals surface area contributed by atoms with E-state index in [0.29, 0.717) is 26.5 Å². The Morgan fingerprint density at radius 3 is 2.50 bits per heavy atom. The van der Waals surface area contributed by atoms with Crippen LogP contribution in [0.3, 0.4) is 0 Å². The van der Waals surface area contributed by atoms with Gasteiger partial charge in [0.05, 0.1) is 15.9 Å². The Hall–Kier alpha value is -2.35. The van der Waals surface area contributed by atoms with E-state index in [9.17, 15) is 0 Å². The van der Waals surface area contributed by atoms with Crippen molar-refractivity contribution >= 4 is 60.3 Å². The van der Waals surface area contributed by atoms with Crippen LogP contribution in [0.5, 0.6) is 0 Å². The van der Waals surface area contributed by atoms with E-state index in [1.165, 1.54) is 11.3 Å². The smallest absolute Gasteiger partial charge is 0.182 e. The molecule has 0 bridgehead atoms. The third kappa shape index (κ3) is 3.01. The van der Waals surface area contributed by atoms with Crippen LogP contribution in [0, 0.1) is 0 Å². The van der Waals surface area contributed by atoms with Crippen LogP contribution in [-0.2, 0) is 0 Å². The zero-order chi connectivity index (χ0) is 16.5. The van der Waals surface area contributed by atoms with E-state index >= 15 is 0 Å². The fourth-order valence-corrected chi connectivity index (χ4v) is 3.92. The molecule has 5 nitrogen and oxygen atoms in total. The van der Waals surface area contributed by atoms with E-state index in [4.69, 9.17) is 17.3 Å². The molecule has 4 aromatic rings. The van der Waals surface area contributed by atoms with Gasteiger partial charge in [-0.3, -0.25) is 0 Å². The third-order valence-electron chi connectivity index (χ3n) is 3.21. The topological polar surface area (TPSA) is 76.5 Å². The highest BCUT2D eigenvalue weighted by molar-refractivity contribution is 7.23. The number of thiazole rings is 2. The molecule has 118 valence electrons. The van der Waals surface area contributed by atoms with Crippen LogP contribution in [0.25, 0.3) is 20.9 Å². The summed E-state index contributed by atoms with van der Waals surface area (Å²) < 4.78 is 1.10. The highest BCUT2D eigenvalue weighted by Gasteiger charge is 2.16. The lowest BCUT2D eigenvalue weighted by Gasteiger charge is -1.93. The lowest BCUT2D eigenvalue weighted by Crippen LogP contribution is -1.82. The highest BCUT2D eigenvalue weighted by Crippen LogP contribution is 2.40. The Bertz CT molecular complexity index is 1000. The number of nitrogens with two attached hydrogens (primary N) is 1. The van der Waals surface area contributed by atoms with Gasteiger partial charge in [0.15, 0.2) is 10.1 Å². The zero-order valence-electron chi connectivity index (χ0n) is 12.2. The minimum Gasteiger partial charge on any atom is -0.375 e. The molecule has 2 heterocycles. The van der Waals surface area contributed by atoms with Crippen molar-refractivity contribution in [3.8, 4) is 10.7 Å². The Balaban J connectivity index is 1.73. The average molecular weight is 372 g/mol. The standard InChI is InChI=1S/C16H10ClN5S2/c17-9-5-7-10(8-6-9)21-22-15-13(20-16(18)24-15)14-19-11-3-1-2-4-12(11)23-14/h1-8H,(H2,18,20). The molecular formula is C16H10ClN5S2. The van der Waals surface area contributed by atoms with Gasteiger partial charge in [0, 0.05) is 5.02 Å². The largest absolute Gasteiger partial charge is 0.375 e. The van der Waals surface area contributed by atoms with Crippen LogP contribution in [0.4, 0.5) is 15.8 Å².